The fraction of sp³-hybridized carbons (Fsp3) is 0.500. The van der Waals surface area contributed by atoms with Crippen molar-refractivity contribution >= 4 is 23.6 Å². The van der Waals surface area contributed by atoms with Gasteiger partial charge in [0.2, 0.25) is 0 Å². The van der Waals surface area contributed by atoms with Crippen LogP contribution in [0.25, 0.3) is 0 Å². The van der Waals surface area contributed by atoms with Crippen LogP contribution < -0.4 is 20.3 Å². The number of nitrogens with one attached hydrogen (secondary N) is 2. The lowest BCUT2D eigenvalue weighted by atomic mass is 10.1. The van der Waals surface area contributed by atoms with E-state index in [1.165, 1.54) is 25.4 Å². The second kappa shape index (κ2) is 9.12. The van der Waals surface area contributed by atoms with Gasteiger partial charge in [-0.1, -0.05) is 0 Å². The highest BCUT2D eigenvalue weighted by molar-refractivity contribution is 6.01. The number of likely N-dealkylation sites (N-methyl/N-ethyl adjacent to an activating group) is 1. The summed E-state index contributed by atoms with van der Waals surface area (Å²) in [6, 6.07) is 2.14. The zero-order chi connectivity index (χ0) is 24.4. The number of halogens is 6. The molecule has 0 aliphatic carbocycles. The first kappa shape index (κ1) is 25.1. The lowest BCUT2D eigenvalue weighted by Gasteiger charge is -2.25. The highest BCUT2D eigenvalue weighted by atomic mass is 19.4. The van der Waals surface area contributed by atoms with E-state index in [1.54, 1.807) is 0 Å². The summed E-state index contributed by atoms with van der Waals surface area (Å²) < 4.78 is 85.6. The predicted molar refractivity (Wildman–Crippen MR) is 96.8 cm³/mol. The molecule has 0 fully saturated rings. The van der Waals surface area contributed by atoms with Crippen LogP contribution in [0.1, 0.15) is 13.8 Å². The van der Waals surface area contributed by atoms with Gasteiger partial charge < -0.3 is 25.0 Å². The number of rotatable bonds is 5. The quantitative estimate of drug-likeness (QED) is 0.643. The van der Waals surface area contributed by atoms with Crippen LogP contribution in [0.15, 0.2) is 18.2 Å². The molecule has 3 atom stereocenters. The molecule has 32 heavy (non-hydrogen) atoms. The van der Waals surface area contributed by atoms with Crippen molar-refractivity contribution in [1.82, 2.24) is 10.6 Å². The number of benzene rings is 1. The minimum Gasteiger partial charge on any atom is -0.486 e. The summed E-state index contributed by atoms with van der Waals surface area (Å²) in [5.74, 6) is -7.42. The molecule has 8 nitrogen and oxygen atoms in total. The van der Waals surface area contributed by atoms with Gasteiger partial charge in [-0.2, -0.15) is 22.0 Å². The van der Waals surface area contributed by atoms with E-state index in [1.807, 2.05) is 0 Å². The molecule has 3 amide bonds. The second-order valence-corrected chi connectivity index (χ2v) is 6.92. The SMILES string of the molecule is C[C@H](OC(=O)NCC(F)(F)C(F)(F)F)C(=O)N[C@@H]1C(=O)N(C)c2cc(F)ccc2O[C@@H]1C. The number of nitrogens with zero attached hydrogens (tertiary/aromatic N) is 1. The van der Waals surface area contributed by atoms with Crippen molar-refractivity contribution in [2.75, 3.05) is 18.5 Å². The molecule has 2 N–H and O–H groups in total. The molecule has 0 bridgehead atoms. The molecule has 0 saturated carbocycles. The molecule has 0 saturated heterocycles. The molecule has 0 unspecified atom stereocenters. The molecule has 1 heterocycles. The Balaban J connectivity index is 2.00. The van der Waals surface area contributed by atoms with Gasteiger partial charge in [-0.3, -0.25) is 9.59 Å². The van der Waals surface area contributed by atoms with Gasteiger partial charge in [0, 0.05) is 13.1 Å². The zero-order valence-electron chi connectivity index (χ0n) is 16.9. The monoisotopic (exact) mass is 471 g/mol. The topological polar surface area (TPSA) is 97.0 Å². The van der Waals surface area contributed by atoms with Gasteiger partial charge in [0.1, 0.15) is 23.7 Å². The molecule has 1 aliphatic heterocycles. The first-order valence-corrected chi connectivity index (χ1v) is 9.07. The Hall–Kier alpha value is -3.19. The fourth-order valence-electron chi connectivity index (χ4n) is 2.64. The molecule has 1 aromatic carbocycles. The van der Waals surface area contributed by atoms with Crippen LogP contribution >= 0.6 is 0 Å². The minimum absolute atomic E-state index is 0.105. The van der Waals surface area contributed by atoms with E-state index in [2.05, 4.69) is 10.1 Å². The van der Waals surface area contributed by atoms with Crippen LogP contribution in [0.4, 0.5) is 36.8 Å². The lowest BCUT2D eigenvalue weighted by Crippen LogP contribution is -2.55. The molecular weight excluding hydrogens is 452 g/mol. The van der Waals surface area contributed by atoms with E-state index in [0.29, 0.717) is 0 Å². The van der Waals surface area contributed by atoms with Gasteiger partial charge in [0.15, 0.2) is 6.10 Å². The maximum absolute atomic E-state index is 13.5. The third-order valence-electron chi connectivity index (χ3n) is 4.48. The summed E-state index contributed by atoms with van der Waals surface area (Å²) >= 11 is 0. The van der Waals surface area contributed by atoms with E-state index >= 15 is 0 Å². The summed E-state index contributed by atoms with van der Waals surface area (Å²) in [7, 11) is 1.31. The number of anilines is 1. The first-order valence-electron chi connectivity index (χ1n) is 9.07. The molecule has 0 radical (unpaired) electrons. The molecule has 178 valence electrons. The Morgan fingerprint density at radius 1 is 1.25 bits per heavy atom. The number of hydrogen-bond acceptors (Lipinski definition) is 5. The number of hydrogen-bond donors (Lipinski definition) is 2. The number of carbonyl (C=O) groups is 3. The van der Waals surface area contributed by atoms with Crippen LogP contribution in [0.5, 0.6) is 5.75 Å². The fourth-order valence-corrected chi connectivity index (χ4v) is 2.64. The van der Waals surface area contributed by atoms with Crippen molar-refractivity contribution in [3.63, 3.8) is 0 Å². The highest BCUT2D eigenvalue weighted by Crippen LogP contribution is 2.35. The van der Waals surface area contributed by atoms with Crippen molar-refractivity contribution in [1.29, 1.82) is 0 Å². The smallest absolute Gasteiger partial charge is 0.455 e. The van der Waals surface area contributed by atoms with E-state index in [0.717, 1.165) is 24.0 Å². The molecule has 1 aromatic rings. The van der Waals surface area contributed by atoms with E-state index < -0.39 is 60.6 Å². The Morgan fingerprint density at radius 2 is 1.88 bits per heavy atom. The van der Waals surface area contributed by atoms with Crippen molar-refractivity contribution in [2.24, 2.45) is 0 Å². The minimum atomic E-state index is -5.88. The van der Waals surface area contributed by atoms with Crippen molar-refractivity contribution in [2.45, 2.75) is 44.2 Å². The third-order valence-corrected chi connectivity index (χ3v) is 4.48. The van der Waals surface area contributed by atoms with E-state index in [4.69, 9.17) is 4.74 Å². The molecule has 0 spiro atoms. The van der Waals surface area contributed by atoms with E-state index in [-0.39, 0.29) is 11.4 Å². The third kappa shape index (κ3) is 5.53. The van der Waals surface area contributed by atoms with Crippen LogP contribution in [-0.2, 0) is 14.3 Å². The number of ether oxygens (including phenoxy) is 2. The highest BCUT2D eigenvalue weighted by Gasteiger charge is 2.57. The average Bonchev–Trinajstić information content (AvgIpc) is 2.76. The van der Waals surface area contributed by atoms with Crippen LogP contribution in [0.3, 0.4) is 0 Å². The van der Waals surface area contributed by atoms with Crippen LogP contribution in [-0.4, -0.2) is 61.8 Å². The summed E-state index contributed by atoms with van der Waals surface area (Å²) in [5, 5.41) is 3.48. The van der Waals surface area contributed by atoms with Crippen molar-refractivity contribution < 1.29 is 50.2 Å². The zero-order valence-corrected chi connectivity index (χ0v) is 16.9. The van der Waals surface area contributed by atoms with Crippen molar-refractivity contribution in [3.8, 4) is 5.75 Å². The standard InChI is InChI=1S/C18H19F6N3O5/c1-8-13(15(29)27(3)11-6-10(19)4-5-12(11)31-8)26-14(28)9(2)32-16(30)25-7-17(20,21)18(22,23)24/h4-6,8-9,13H,7H2,1-3H3,(H,25,30)(H,26,28)/t8-,9+,13+/m1/s1. The summed E-state index contributed by atoms with van der Waals surface area (Å²) in [6.45, 7) is 0.360. The van der Waals surface area contributed by atoms with E-state index in [9.17, 15) is 40.7 Å². The summed E-state index contributed by atoms with van der Waals surface area (Å²) in [4.78, 5) is 37.6. The molecule has 2 rings (SSSR count). The number of alkyl carbamates (subject to hydrolysis) is 1. The Morgan fingerprint density at radius 3 is 2.47 bits per heavy atom. The van der Waals surface area contributed by atoms with Crippen LogP contribution in [0, 0.1) is 5.82 Å². The molecule has 0 aromatic heterocycles. The Bertz CT molecular complexity index is 894. The maximum Gasteiger partial charge on any atom is 0.455 e. The van der Waals surface area contributed by atoms with Gasteiger partial charge in [-0.05, 0) is 26.0 Å². The molecule has 14 heteroatoms. The number of alkyl halides is 5. The van der Waals surface area contributed by atoms with Crippen LogP contribution in [0.2, 0.25) is 0 Å². The summed E-state index contributed by atoms with van der Waals surface area (Å²) in [6.07, 6.45) is -10.2. The number of amides is 3. The van der Waals surface area contributed by atoms with Gasteiger partial charge in [-0.25, -0.2) is 9.18 Å². The second-order valence-electron chi connectivity index (χ2n) is 6.92. The number of fused-ring (bicyclic) bond motifs is 1. The van der Waals surface area contributed by atoms with Gasteiger partial charge >= 0.3 is 18.2 Å². The predicted octanol–water partition coefficient (Wildman–Crippen LogP) is 2.37. The molecular formula is C18H19F6N3O5. The average molecular weight is 471 g/mol. The lowest BCUT2D eigenvalue weighted by molar-refractivity contribution is -0.278. The van der Waals surface area contributed by atoms with Gasteiger partial charge in [0.25, 0.3) is 11.8 Å². The first-order chi connectivity index (χ1) is 14.6. The van der Waals surface area contributed by atoms with Gasteiger partial charge in [-0.15, -0.1) is 0 Å². The maximum atomic E-state index is 13.5. The largest absolute Gasteiger partial charge is 0.486 e. The van der Waals surface area contributed by atoms with Crippen molar-refractivity contribution in [3.05, 3.63) is 24.0 Å². The Kier molecular flexibility index (Phi) is 7.15. The summed E-state index contributed by atoms with van der Waals surface area (Å²) in [5.41, 5.74) is 0.105. The molecule has 1 aliphatic rings. The Labute approximate surface area is 177 Å². The van der Waals surface area contributed by atoms with Gasteiger partial charge in [0.05, 0.1) is 12.2 Å². The number of carbonyl (C=O) groups excluding carboxylic acids is 3. The normalized spacial score (nSPS) is 19.9.